The molecule has 2 amide bonds. The maximum atomic E-state index is 13.4. The Morgan fingerprint density at radius 2 is 1.54 bits per heavy atom. The number of benzene rings is 3. The lowest BCUT2D eigenvalue weighted by Crippen LogP contribution is -2.31. The number of hydrogen-bond donors (Lipinski definition) is 1. The number of urea groups is 1. The zero-order valence-electron chi connectivity index (χ0n) is 19.3. The van der Waals surface area contributed by atoms with Crippen LogP contribution in [0.5, 0.6) is 5.75 Å². The summed E-state index contributed by atoms with van der Waals surface area (Å²) in [5, 5.41) is 2.87. The number of nitrogens with zero attached hydrogens (tertiary/aromatic N) is 4. The number of methoxy groups -OCH3 is 1. The van der Waals surface area contributed by atoms with E-state index in [-0.39, 0.29) is 6.03 Å². The maximum Gasteiger partial charge on any atom is 0.332 e. The molecule has 0 spiro atoms. The molecule has 0 bridgehead atoms. The first-order chi connectivity index (χ1) is 17.1. The molecule has 0 fully saturated rings. The second kappa shape index (κ2) is 9.61. The van der Waals surface area contributed by atoms with E-state index in [1.807, 2.05) is 97.9 Å². The fourth-order valence-electron chi connectivity index (χ4n) is 3.80. The zero-order valence-corrected chi connectivity index (χ0v) is 19.3. The van der Waals surface area contributed by atoms with Crippen molar-refractivity contribution < 1.29 is 9.53 Å². The molecule has 0 atom stereocenters. The summed E-state index contributed by atoms with van der Waals surface area (Å²) in [6.45, 7) is 1.99. The van der Waals surface area contributed by atoms with Gasteiger partial charge in [-0.2, -0.15) is 0 Å². The molecule has 0 aliphatic rings. The van der Waals surface area contributed by atoms with Gasteiger partial charge in [0, 0.05) is 5.56 Å². The highest BCUT2D eigenvalue weighted by molar-refractivity contribution is 6.06. The van der Waals surface area contributed by atoms with Gasteiger partial charge in [0.1, 0.15) is 11.3 Å². The minimum Gasteiger partial charge on any atom is -0.496 e. The Bertz CT molecular complexity index is 1450. The van der Waals surface area contributed by atoms with Gasteiger partial charge in [-0.3, -0.25) is 10.2 Å². The lowest BCUT2D eigenvalue weighted by atomic mass is 10.1. The summed E-state index contributed by atoms with van der Waals surface area (Å²) >= 11 is 0. The number of hydrogen-bond acceptors (Lipinski definition) is 5. The number of carbonyl (C=O) groups is 1. The van der Waals surface area contributed by atoms with Crippen LogP contribution >= 0.6 is 0 Å². The molecular weight excluding hydrogens is 438 g/mol. The van der Waals surface area contributed by atoms with Crippen molar-refractivity contribution in [3.63, 3.8) is 0 Å². The lowest BCUT2D eigenvalue weighted by molar-refractivity contribution is 0.259. The Kier molecular flexibility index (Phi) is 6.05. The predicted octanol–water partition coefficient (Wildman–Crippen LogP) is 6.38. The van der Waals surface area contributed by atoms with E-state index in [0.29, 0.717) is 17.0 Å². The average Bonchev–Trinajstić information content (AvgIpc) is 2.90. The Hall–Kier alpha value is -4.78. The Morgan fingerprint density at radius 3 is 2.20 bits per heavy atom. The van der Waals surface area contributed by atoms with Gasteiger partial charge in [-0.1, -0.05) is 48.5 Å². The summed E-state index contributed by atoms with van der Waals surface area (Å²) in [7, 11) is 1.65. The van der Waals surface area contributed by atoms with E-state index in [2.05, 4.69) is 20.3 Å². The van der Waals surface area contributed by atoms with Gasteiger partial charge in [-0.05, 0) is 55.0 Å². The Balaban J connectivity index is 1.47. The summed E-state index contributed by atoms with van der Waals surface area (Å²) in [5.41, 5.74) is 5.23. The molecule has 0 saturated carbocycles. The molecule has 7 nitrogen and oxygen atoms in total. The summed E-state index contributed by atoms with van der Waals surface area (Å²) in [5.74, 6) is 1.10. The first kappa shape index (κ1) is 22.0. The third-order valence-electron chi connectivity index (χ3n) is 5.58. The molecule has 3 aromatic carbocycles. The van der Waals surface area contributed by atoms with Gasteiger partial charge >= 0.3 is 6.03 Å². The number of pyridine rings is 1. The molecule has 172 valence electrons. The molecule has 1 N–H and O–H groups in total. The van der Waals surface area contributed by atoms with E-state index < -0.39 is 0 Å². The SMILES string of the molecule is COc1cc(-c2ccc3ncc(NC(=O)N(c4ccccc4)c4ccccc4)nc3n2)ccc1C. The molecule has 7 heteroatoms. The van der Waals surface area contributed by atoms with E-state index in [4.69, 9.17) is 4.74 Å². The summed E-state index contributed by atoms with van der Waals surface area (Å²) < 4.78 is 5.44. The van der Waals surface area contributed by atoms with Crippen LogP contribution in [0.15, 0.2) is 97.2 Å². The number of nitrogens with one attached hydrogen (secondary N) is 1. The molecule has 2 heterocycles. The van der Waals surface area contributed by atoms with Gasteiger partial charge in [-0.15, -0.1) is 0 Å². The van der Waals surface area contributed by atoms with Crippen molar-refractivity contribution in [2.45, 2.75) is 6.92 Å². The van der Waals surface area contributed by atoms with Gasteiger partial charge in [0.15, 0.2) is 11.5 Å². The molecule has 0 unspecified atom stereocenters. The Morgan fingerprint density at radius 1 is 0.857 bits per heavy atom. The highest BCUT2D eigenvalue weighted by Crippen LogP contribution is 2.28. The number of anilines is 3. The maximum absolute atomic E-state index is 13.4. The summed E-state index contributed by atoms with van der Waals surface area (Å²) in [4.78, 5) is 28.6. The number of aryl methyl sites for hydroxylation is 1. The minimum absolute atomic E-state index is 0.311. The zero-order chi connectivity index (χ0) is 24.2. The number of ether oxygens (including phenoxy) is 1. The van der Waals surface area contributed by atoms with E-state index in [9.17, 15) is 4.79 Å². The van der Waals surface area contributed by atoms with Crippen molar-refractivity contribution in [1.82, 2.24) is 15.0 Å². The van der Waals surface area contributed by atoms with Gasteiger partial charge in [-0.25, -0.2) is 19.7 Å². The van der Waals surface area contributed by atoms with Crippen molar-refractivity contribution >= 4 is 34.4 Å². The fourth-order valence-corrected chi connectivity index (χ4v) is 3.80. The van der Waals surface area contributed by atoms with Crippen molar-refractivity contribution in [2.24, 2.45) is 0 Å². The molecular formula is C28H23N5O2. The molecule has 0 aliphatic carbocycles. The topological polar surface area (TPSA) is 80.2 Å². The number of para-hydroxylation sites is 2. The van der Waals surface area contributed by atoms with Crippen molar-refractivity contribution in [3.8, 4) is 17.0 Å². The number of aromatic nitrogens is 3. The van der Waals surface area contributed by atoms with E-state index >= 15 is 0 Å². The van der Waals surface area contributed by atoms with E-state index in [0.717, 1.165) is 33.9 Å². The monoisotopic (exact) mass is 461 g/mol. The number of amides is 2. The van der Waals surface area contributed by atoms with Crippen LogP contribution in [0.1, 0.15) is 5.56 Å². The third-order valence-corrected chi connectivity index (χ3v) is 5.58. The summed E-state index contributed by atoms with van der Waals surface area (Å²) in [6, 6.07) is 28.2. The number of carbonyl (C=O) groups excluding carboxylic acids is 1. The quantitative estimate of drug-likeness (QED) is 0.329. The van der Waals surface area contributed by atoms with Crippen LogP contribution in [0.3, 0.4) is 0 Å². The predicted molar refractivity (Wildman–Crippen MR) is 138 cm³/mol. The molecule has 5 rings (SSSR count). The van der Waals surface area contributed by atoms with Gasteiger partial charge in [0.25, 0.3) is 0 Å². The first-order valence-electron chi connectivity index (χ1n) is 11.1. The lowest BCUT2D eigenvalue weighted by Gasteiger charge is -2.23. The largest absolute Gasteiger partial charge is 0.496 e. The van der Waals surface area contributed by atoms with Gasteiger partial charge < -0.3 is 4.74 Å². The van der Waals surface area contributed by atoms with Crippen LogP contribution in [0.25, 0.3) is 22.4 Å². The average molecular weight is 462 g/mol. The highest BCUT2D eigenvalue weighted by Gasteiger charge is 2.19. The van der Waals surface area contributed by atoms with Crippen LogP contribution in [-0.4, -0.2) is 28.1 Å². The Labute approximate surface area is 203 Å². The smallest absolute Gasteiger partial charge is 0.332 e. The molecule has 2 aromatic heterocycles. The van der Waals surface area contributed by atoms with Crippen LogP contribution in [0, 0.1) is 6.92 Å². The van der Waals surface area contributed by atoms with Gasteiger partial charge in [0.05, 0.1) is 30.4 Å². The highest BCUT2D eigenvalue weighted by atomic mass is 16.5. The fraction of sp³-hybridized carbons (Fsp3) is 0.0714. The van der Waals surface area contributed by atoms with Crippen LogP contribution in [-0.2, 0) is 0 Å². The second-order valence-corrected chi connectivity index (χ2v) is 7.92. The minimum atomic E-state index is -0.351. The first-order valence-corrected chi connectivity index (χ1v) is 11.1. The molecule has 35 heavy (non-hydrogen) atoms. The van der Waals surface area contributed by atoms with E-state index in [1.165, 1.54) is 6.20 Å². The number of fused-ring (bicyclic) bond motifs is 1. The van der Waals surface area contributed by atoms with Crippen molar-refractivity contribution in [1.29, 1.82) is 0 Å². The van der Waals surface area contributed by atoms with Crippen molar-refractivity contribution in [2.75, 3.05) is 17.3 Å². The van der Waals surface area contributed by atoms with Crippen molar-refractivity contribution in [3.05, 3.63) is 103 Å². The van der Waals surface area contributed by atoms with Crippen LogP contribution in [0.2, 0.25) is 0 Å². The molecule has 5 aromatic rings. The third kappa shape index (κ3) is 4.65. The van der Waals surface area contributed by atoms with Crippen LogP contribution < -0.4 is 15.0 Å². The van der Waals surface area contributed by atoms with Crippen LogP contribution in [0.4, 0.5) is 22.0 Å². The normalized spacial score (nSPS) is 10.7. The summed E-state index contributed by atoms with van der Waals surface area (Å²) in [6.07, 6.45) is 1.53. The molecule has 0 radical (unpaired) electrons. The number of rotatable bonds is 5. The van der Waals surface area contributed by atoms with Gasteiger partial charge in [0.2, 0.25) is 0 Å². The molecule has 0 aliphatic heterocycles. The second-order valence-electron chi connectivity index (χ2n) is 7.92. The van der Waals surface area contributed by atoms with E-state index in [1.54, 1.807) is 12.0 Å². The standard InChI is InChI=1S/C28H23N5O2/c1-19-13-14-20(17-25(19)35-2)23-15-16-24-27(30-23)31-26(18-29-24)32-28(34)33(21-9-5-3-6-10-21)22-11-7-4-8-12-22/h3-18H,1-2H3,(H,30,31,32,34). The molecule has 0 saturated heterocycles.